The fourth-order valence-corrected chi connectivity index (χ4v) is 5.57. The fraction of sp³-hybridized carbons (Fsp3) is 0.222. The van der Waals surface area contributed by atoms with Crippen molar-refractivity contribution in [3.05, 3.63) is 86.8 Å². The molecular weight excluding hydrogens is 476 g/mol. The number of thiazole rings is 1. The number of imidazole rings is 1. The number of rotatable bonds is 4. The molecule has 182 valence electrons. The highest BCUT2D eigenvalue weighted by molar-refractivity contribution is 7.18. The summed E-state index contributed by atoms with van der Waals surface area (Å²) in [7, 11) is 0. The Morgan fingerprint density at radius 1 is 1.03 bits per heavy atom. The van der Waals surface area contributed by atoms with Crippen LogP contribution in [0.15, 0.2) is 48.2 Å². The first-order valence-corrected chi connectivity index (χ1v) is 12.2. The molecule has 8 nitrogen and oxygen atoms in total. The molecule has 1 aliphatic rings. The number of aromatic nitrogens is 3. The number of aliphatic hydroxyl groups is 1. The highest BCUT2D eigenvalue weighted by Gasteiger charge is 2.48. The second-order valence-corrected chi connectivity index (χ2v) is 9.96. The summed E-state index contributed by atoms with van der Waals surface area (Å²) in [6.07, 6.45) is 1.83. The Kier molecular flexibility index (Phi) is 5.60. The number of ketones is 2. The number of fused-ring (bicyclic) bond motifs is 1. The first-order chi connectivity index (χ1) is 17.1. The normalized spacial score (nSPS) is 17.4. The number of anilines is 1. The molecule has 1 unspecified atom stereocenters. The molecule has 1 saturated heterocycles. The van der Waals surface area contributed by atoms with Crippen LogP contribution in [0.2, 0.25) is 0 Å². The molecule has 4 heterocycles. The van der Waals surface area contributed by atoms with Crippen molar-refractivity contribution in [1.29, 1.82) is 0 Å². The Hall–Kier alpha value is -4.11. The van der Waals surface area contributed by atoms with E-state index >= 15 is 0 Å². The zero-order chi connectivity index (χ0) is 25.9. The van der Waals surface area contributed by atoms with Crippen molar-refractivity contribution < 1.29 is 19.5 Å². The van der Waals surface area contributed by atoms with Gasteiger partial charge in [0.2, 0.25) is 0 Å². The molecule has 5 rings (SSSR count). The van der Waals surface area contributed by atoms with Crippen molar-refractivity contribution in [2.24, 2.45) is 0 Å². The Balaban J connectivity index is 1.77. The van der Waals surface area contributed by atoms with Gasteiger partial charge in [0, 0.05) is 13.1 Å². The number of aryl methyl sites for hydroxylation is 4. The number of Topliss-reactive ketones (excluding diaryl/α,β-unsaturated/α-hetero) is 2. The number of aliphatic hydroxyl groups excluding tert-OH is 1. The molecule has 0 aliphatic carbocycles. The molecule has 4 aromatic rings. The zero-order valence-electron chi connectivity index (χ0n) is 20.5. The van der Waals surface area contributed by atoms with Crippen LogP contribution < -0.4 is 4.90 Å². The lowest BCUT2D eigenvalue weighted by Crippen LogP contribution is -2.29. The molecule has 0 spiro atoms. The van der Waals surface area contributed by atoms with E-state index in [1.54, 1.807) is 13.8 Å². The van der Waals surface area contributed by atoms with Gasteiger partial charge in [-0.1, -0.05) is 47.2 Å². The van der Waals surface area contributed by atoms with Gasteiger partial charge in [0.05, 0.1) is 27.9 Å². The Bertz CT molecular complexity index is 1610. The van der Waals surface area contributed by atoms with E-state index in [2.05, 4.69) is 9.97 Å². The van der Waals surface area contributed by atoms with Crippen LogP contribution in [0, 0.1) is 27.7 Å². The third kappa shape index (κ3) is 3.54. The van der Waals surface area contributed by atoms with Gasteiger partial charge >= 0.3 is 5.91 Å². The van der Waals surface area contributed by atoms with E-state index < -0.39 is 17.7 Å². The van der Waals surface area contributed by atoms with Crippen LogP contribution in [-0.2, 0) is 9.59 Å². The predicted octanol–water partition coefficient (Wildman–Crippen LogP) is 4.85. The standard InChI is InChI=1S/C27H24N4O4S/c1-13-8-10-18(11-9-13)21-19(22(33)20-16(4)30-12-6-7-14(2)25(30)29-20)23(34)26(35)31(21)27-28-15(3)24(36-27)17(5)32/h6-12,21,33H,1-5H3. The second-order valence-electron chi connectivity index (χ2n) is 8.98. The molecule has 1 fully saturated rings. The molecule has 36 heavy (non-hydrogen) atoms. The van der Waals surface area contributed by atoms with Gasteiger partial charge in [-0.3, -0.25) is 19.3 Å². The molecule has 1 amide bonds. The van der Waals surface area contributed by atoms with E-state index in [4.69, 9.17) is 0 Å². The largest absolute Gasteiger partial charge is 0.505 e. The minimum atomic E-state index is -0.929. The van der Waals surface area contributed by atoms with Crippen molar-refractivity contribution in [3.8, 4) is 0 Å². The summed E-state index contributed by atoms with van der Waals surface area (Å²) in [6, 6.07) is 10.3. The smallest absolute Gasteiger partial charge is 0.301 e. The lowest BCUT2D eigenvalue weighted by atomic mass is 9.96. The van der Waals surface area contributed by atoms with Gasteiger partial charge in [0.15, 0.2) is 16.7 Å². The highest BCUT2D eigenvalue weighted by atomic mass is 32.1. The van der Waals surface area contributed by atoms with Gasteiger partial charge in [-0.25, -0.2) is 9.97 Å². The molecular formula is C27H24N4O4S. The van der Waals surface area contributed by atoms with Crippen LogP contribution in [0.5, 0.6) is 0 Å². The topological polar surface area (TPSA) is 105 Å². The predicted molar refractivity (Wildman–Crippen MR) is 137 cm³/mol. The summed E-state index contributed by atoms with van der Waals surface area (Å²) < 4.78 is 1.84. The SMILES string of the molecule is CC(=O)c1sc(N2C(=O)C(=O)C(=C(O)c3nc4c(C)cccn4c3C)C2c2ccc(C)cc2)nc1C. The second kappa shape index (κ2) is 8.53. The Morgan fingerprint density at radius 3 is 2.33 bits per heavy atom. The van der Waals surface area contributed by atoms with Gasteiger partial charge in [-0.15, -0.1) is 0 Å². The Labute approximate surface area is 211 Å². The Morgan fingerprint density at radius 2 is 1.72 bits per heavy atom. The van der Waals surface area contributed by atoms with E-state index in [-0.39, 0.29) is 27.9 Å². The van der Waals surface area contributed by atoms with Crippen LogP contribution >= 0.6 is 11.3 Å². The number of hydrogen-bond acceptors (Lipinski definition) is 7. The van der Waals surface area contributed by atoms with Gasteiger partial charge in [0.25, 0.3) is 5.78 Å². The molecule has 0 saturated carbocycles. The van der Waals surface area contributed by atoms with Crippen LogP contribution in [0.3, 0.4) is 0 Å². The van der Waals surface area contributed by atoms with Crippen molar-refractivity contribution in [3.63, 3.8) is 0 Å². The molecule has 1 aliphatic heterocycles. The third-order valence-electron chi connectivity index (χ3n) is 6.46. The van der Waals surface area contributed by atoms with Gasteiger partial charge < -0.3 is 9.51 Å². The van der Waals surface area contributed by atoms with Crippen molar-refractivity contribution in [2.45, 2.75) is 40.7 Å². The minimum Gasteiger partial charge on any atom is -0.505 e. The highest BCUT2D eigenvalue weighted by Crippen LogP contribution is 2.44. The van der Waals surface area contributed by atoms with Crippen LogP contribution in [0.4, 0.5) is 5.13 Å². The number of pyridine rings is 1. The van der Waals surface area contributed by atoms with Crippen LogP contribution in [0.1, 0.15) is 56.4 Å². The lowest BCUT2D eigenvalue weighted by molar-refractivity contribution is -0.132. The number of amides is 1. The maximum absolute atomic E-state index is 13.4. The summed E-state index contributed by atoms with van der Waals surface area (Å²) >= 11 is 1.06. The van der Waals surface area contributed by atoms with E-state index in [0.29, 0.717) is 27.5 Å². The maximum Gasteiger partial charge on any atom is 0.301 e. The maximum atomic E-state index is 13.4. The van der Waals surface area contributed by atoms with E-state index in [1.165, 1.54) is 11.8 Å². The van der Waals surface area contributed by atoms with E-state index in [0.717, 1.165) is 22.5 Å². The fourth-order valence-electron chi connectivity index (χ4n) is 4.58. The number of carbonyl (C=O) groups is 3. The summed E-state index contributed by atoms with van der Waals surface area (Å²) in [5.41, 5.74) is 4.50. The molecule has 1 N–H and O–H groups in total. The van der Waals surface area contributed by atoms with Gasteiger partial charge in [0.1, 0.15) is 11.3 Å². The molecule has 3 aromatic heterocycles. The van der Waals surface area contributed by atoms with Crippen LogP contribution in [-0.4, -0.2) is 36.9 Å². The number of carbonyl (C=O) groups excluding carboxylic acids is 3. The van der Waals surface area contributed by atoms with E-state index in [1.807, 2.05) is 60.8 Å². The van der Waals surface area contributed by atoms with Gasteiger partial charge in [-0.05, 0) is 44.9 Å². The summed E-state index contributed by atoms with van der Waals surface area (Å²) in [5, 5.41) is 11.7. The monoisotopic (exact) mass is 500 g/mol. The third-order valence-corrected chi connectivity index (χ3v) is 7.71. The zero-order valence-corrected chi connectivity index (χ0v) is 21.3. The lowest BCUT2D eigenvalue weighted by Gasteiger charge is -2.23. The molecule has 1 atom stereocenters. The molecule has 0 bridgehead atoms. The van der Waals surface area contributed by atoms with Crippen LogP contribution in [0.25, 0.3) is 11.4 Å². The average Bonchev–Trinajstić information content (AvgIpc) is 3.47. The number of nitrogens with zero attached hydrogens (tertiary/aromatic N) is 4. The molecule has 9 heteroatoms. The van der Waals surface area contributed by atoms with Crippen molar-refractivity contribution >= 4 is 45.3 Å². The minimum absolute atomic E-state index is 0.0646. The van der Waals surface area contributed by atoms with Crippen molar-refractivity contribution in [2.75, 3.05) is 4.90 Å². The number of benzene rings is 1. The number of hydrogen-bond donors (Lipinski definition) is 1. The average molecular weight is 501 g/mol. The quantitative estimate of drug-likeness (QED) is 0.186. The molecule has 1 aromatic carbocycles. The van der Waals surface area contributed by atoms with E-state index in [9.17, 15) is 19.5 Å². The van der Waals surface area contributed by atoms with Gasteiger partial charge in [-0.2, -0.15) is 0 Å². The first-order valence-electron chi connectivity index (χ1n) is 11.4. The molecule has 0 radical (unpaired) electrons. The summed E-state index contributed by atoms with van der Waals surface area (Å²) in [5.74, 6) is -2.16. The summed E-state index contributed by atoms with van der Waals surface area (Å²) in [6.45, 7) is 8.77. The van der Waals surface area contributed by atoms with Crippen molar-refractivity contribution in [1.82, 2.24) is 14.4 Å². The summed E-state index contributed by atoms with van der Waals surface area (Å²) in [4.78, 5) is 49.7. The first kappa shape index (κ1) is 23.6.